The van der Waals surface area contributed by atoms with Gasteiger partial charge < -0.3 is 5.11 Å². The molecule has 2 heteroatoms. The molecule has 0 aromatic carbocycles. The Hall–Kier alpha value is -1.07. The average Bonchev–Trinajstić information content (AvgIpc) is 2.82. The zero-order chi connectivity index (χ0) is 19.2. The third-order valence-electron chi connectivity index (χ3n) is 10.9. The van der Waals surface area contributed by atoms with E-state index in [-0.39, 0.29) is 27.1 Å². The van der Waals surface area contributed by atoms with Crippen molar-refractivity contribution in [3.63, 3.8) is 0 Å². The fourth-order valence-electron chi connectivity index (χ4n) is 8.18. The summed E-state index contributed by atoms with van der Waals surface area (Å²) in [6, 6.07) is 0. The van der Waals surface area contributed by atoms with Gasteiger partial charge in [-0.1, -0.05) is 46.1 Å². The summed E-state index contributed by atoms with van der Waals surface area (Å²) in [6.07, 6.45) is 15.3. The summed E-state index contributed by atoms with van der Waals surface area (Å²) in [6.45, 7) is 12.0. The monoisotopic (exact) mass is 354 g/mol. The molecule has 4 aliphatic rings. The Kier molecular flexibility index (Phi) is 3.41. The maximum Gasteiger partial charge on any atom is 0.155 e. The average molecular weight is 355 g/mol. The Morgan fingerprint density at radius 1 is 0.846 bits per heavy atom. The van der Waals surface area contributed by atoms with Gasteiger partial charge in [0.05, 0.1) is 0 Å². The standard InChI is InChI=1S/C24H34O2/c1-7-24(26)15-14-22(5)21(4)11-8-17-16-18(25)9-10-19(17,2)20(21,3)12-13-23(22,24)6/h1,16,26H,8-15H2,2-6H3. The number of aliphatic hydroxyl groups is 1. The fourth-order valence-corrected chi connectivity index (χ4v) is 8.18. The first kappa shape index (κ1) is 18.3. The van der Waals surface area contributed by atoms with Crippen molar-refractivity contribution in [1.82, 2.24) is 0 Å². The minimum Gasteiger partial charge on any atom is -0.377 e. The van der Waals surface area contributed by atoms with Crippen LogP contribution in [0.25, 0.3) is 0 Å². The molecule has 4 rings (SSSR count). The zero-order valence-electron chi connectivity index (χ0n) is 17.2. The summed E-state index contributed by atoms with van der Waals surface area (Å²) in [5, 5.41) is 11.3. The number of rotatable bonds is 0. The number of terminal acetylenes is 1. The molecule has 0 heterocycles. The van der Waals surface area contributed by atoms with Crippen LogP contribution in [0.2, 0.25) is 0 Å². The molecular formula is C24H34O2. The number of allylic oxidation sites excluding steroid dienone is 1. The van der Waals surface area contributed by atoms with Crippen LogP contribution in [0.15, 0.2) is 11.6 Å². The van der Waals surface area contributed by atoms with E-state index in [1.54, 1.807) is 0 Å². The van der Waals surface area contributed by atoms with Crippen molar-refractivity contribution in [2.75, 3.05) is 0 Å². The van der Waals surface area contributed by atoms with Crippen LogP contribution < -0.4 is 0 Å². The van der Waals surface area contributed by atoms with Crippen molar-refractivity contribution in [2.24, 2.45) is 27.1 Å². The lowest BCUT2D eigenvalue weighted by molar-refractivity contribution is -0.241. The van der Waals surface area contributed by atoms with Crippen LogP contribution in [0.3, 0.4) is 0 Å². The minimum absolute atomic E-state index is 0.00408. The number of ketones is 1. The molecule has 0 aromatic heterocycles. The van der Waals surface area contributed by atoms with Crippen LogP contribution >= 0.6 is 0 Å². The molecule has 4 aliphatic carbocycles. The first-order valence-electron chi connectivity index (χ1n) is 10.4. The number of carbonyl (C=O) groups excluding carboxylic acids is 1. The van der Waals surface area contributed by atoms with E-state index in [1.807, 2.05) is 6.08 Å². The zero-order valence-corrected chi connectivity index (χ0v) is 17.2. The van der Waals surface area contributed by atoms with E-state index >= 15 is 0 Å². The second-order valence-corrected chi connectivity index (χ2v) is 10.8. The fraction of sp³-hybridized carbons (Fsp3) is 0.792. The van der Waals surface area contributed by atoms with Gasteiger partial charge in [-0.15, -0.1) is 6.42 Å². The van der Waals surface area contributed by atoms with Crippen molar-refractivity contribution in [3.05, 3.63) is 11.6 Å². The molecule has 0 bridgehead atoms. The van der Waals surface area contributed by atoms with E-state index < -0.39 is 5.60 Å². The van der Waals surface area contributed by atoms with Crippen LogP contribution in [-0.2, 0) is 4.79 Å². The lowest BCUT2D eigenvalue weighted by Crippen LogP contribution is -2.68. The van der Waals surface area contributed by atoms with E-state index in [1.165, 1.54) is 5.57 Å². The van der Waals surface area contributed by atoms with Crippen LogP contribution in [0.1, 0.15) is 86.0 Å². The van der Waals surface area contributed by atoms with Crippen LogP contribution in [0, 0.1) is 39.4 Å². The molecule has 0 radical (unpaired) electrons. The molecule has 0 spiro atoms. The highest BCUT2D eigenvalue weighted by atomic mass is 16.3. The topological polar surface area (TPSA) is 37.3 Å². The van der Waals surface area contributed by atoms with Gasteiger partial charge in [0.2, 0.25) is 0 Å². The molecule has 142 valence electrons. The SMILES string of the molecule is C#CC1(O)CCC2(C)C1(C)CCC1(C)C3(C)CCC(=O)C=C3CCC12C. The van der Waals surface area contributed by atoms with Gasteiger partial charge in [-0.05, 0) is 72.7 Å². The van der Waals surface area contributed by atoms with Crippen LogP contribution in [0.5, 0.6) is 0 Å². The highest BCUT2D eigenvalue weighted by Crippen LogP contribution is 2.81. The number of fused-ring (bicyclic) bond motifs is 5. The van der Waals surface area contributed by atoms with Gasteiger partial charge in [0.25, 0.3) is 0 Å². The lowest BCUT2D eigenvalue weighted by Gasteiger charge is -2.73. The second kappa shape index (κ2) is 4.85. The van der Waals surface area contributed by atoms with Crippen molar-refractivity contribution >= 4 is 5.78 Å². The Morgan fingerprint density at radius 3 is 2.08 bits per heavy atom. The summed E-state index contributed by atoms with van der Waals surface area (Å²) in [5.41, 5.74) is 0.446. The number of hydrogen-bond donors (Lipinski definition) is 1. The number of hydrogen-bond acceptors (Lipinski definition) is 2. The molecule has 0 saturated heterocycles. The van der Waals surface area contributed by atoms with Crippen molar-refractivity contribution in [2.45, 2.75) is 91.6 Å². The van der Waals surface area contributed by atoms with Gasteiger partial charge in [0, 0.05) is 11.8 Å². The van der Waals surface area contributed by atoms with Crippen LogP contribution in [-0.4, -0.2) is 16.5 Å². The predicted molar refractivity (Wildman–Crippen MR) is 104 cm³/mol. The lowest BCUT2D eigenvalue weighted by atomic mass is 9.30. The summed E-state index contributed by atoms with van der Waals surface area (Å²) in [5.74, 6) is 3.11. The van der Waals surface area contributed by atoms with Gasteiger partial charge in [0.15, 0.2) is 5.78 Å². The first-order valence-corrected chi connectivity index (χ1v) is 10.4. The molecule has 1 N–H and O–H groups in total. The van der Waals surface area contributed by atoms with Crippen molar-refractivity contribution < 1.29 is 9.90 Å². The van der Waals surface area contributed by atoms with Gasteiger partial charge in [-0.3, -0.25) is 4.79 Å². The quantitative estimate of drug-likeness (QED) is 0.618. The minimum atomic E-state index is -0.994. The molecule has 6 atom stereocenters. The third kappa shape index (κ3) is 1.60. The summed E-state index contributed by atoms with van der Waals surface area (Å²) < 4.78 is 0. The maximum atomic E-state index is 12.1. The molecule has 3 fully saturated rings. The Morgan fingerprint density at radius 2 is 1.42 bits per heavy atom. The molecule has 3 saturated carbocycles. The summed E-state index contributed by atoms with van der Waals surface area (Å²) in [4.78, 5) is 12.1. The smallest absolute Gasteiger partial charge is 0.155 e. The van der Waals surface area contributed by atoms with Crippen molar-refractivity contribution in [1.29, 1.82) is 0 Å². The van der Waals surface area contributed by atoms with Crippen molar-refractivity contribution in [3.8, 4) is 12.3 Å². The summed E-state index contributed by atoms with van der Waals surface area (Å²) >= 11 is 0. The highest BCUT2D eigenvalue weighted by molar-refractivity contribution is 5.91. The Balaban J connectivity index is 1.90. The normalized spacial score (nSPS) is 56.0. The maximum absolute atomic E-state index is 12.1. The van der Waals surface area contributed by atoms with E-state index in [0.717, 1.165) is 38.5 Å². The molecule has 0 aromatic rings. The van der Waals surface area contributed by atoms with Gasteiger partial charge in [-0.2, -0.15) is 0 Å². The Labute approximate surface area is 158 Å². The Bertz CT molecular complexity index is 759. The second-order valence-electron chi connectivity index (χ2n) is 10.8. The molecular weight excluding hydrogens is 320 g/mol. The molecule has 2 nitrogen and oxygen atoms in total. The van der Waals surface area contributed by atoms with Gasteiger partial charge in [0.1, 0.15) is 5.60 Å². The van der Waals surface area contributed by atoms with Gasteiger partial charge >= 0.3 is 0 Å². The largest absolute Gasteiger partial charge is 0.377 e. The predicted octanol–water partition coefficient (Wildman–Crippen LogP) is 5.05. The van der Waals surface area contributed by atoms with Crippen LogP contribution in [0.4, 0.5) is 0 Å². The first-order chi connectivity index (χ1) is 11.9. The highest BCUT2D eigenvalue weighted by Gasteiger charge is 2.76. The van der Waals surface area contributed by atoms with E-state index in [4.69, 9.17) is 6.42 Å². The molecule has 0 aliphatic heterocycles. The van der Waals surface area contributed by atoms with E-state index in [0.29, 0.717) is 18.6 Å². The number of carbonyl (C=O) groups is 1. The summed E-state index contributed by atoms with van der Waals surface area (Å²) in [7, 11) is 0. The van der Waals surface area contributed by atoms with E-state index in [9.17, 15) is 9.90 Å². The molecule has 6 unspecified atom stereocenters. The third-order valence-corrected chi connectivity index (χ3v) is 10.9. The molecule has 0 amide bonds. The molecule has 26 heavy (non-hydrogen) atoms. The van der Waals surface area contributed by atoms with E-state index in [2.05, 4.69) is 40.5 Å². The van der Waals surface area contributed by atoms with Gasteiger partial charge in [-0.25, -0.2) is 0 Å².